The number of hydrogen-bond donors (Lipinski definition) is 0. The minimum atomic E-state index is -0.0601. The molecule has 10 aromatic carbocycles. The van der Waals surface area contributed by atoms with Crippen molar-refractivity contribution < 1.29 is 4.42 Å². The van der Waals surface area contributed by atoms with Crippen LogP contribution in [0.4, 0.5) is 68.2 Å². The van der Waals surface area contributed by atoms with E-state index in [4.69, 9.17) is 4.42 Å². The SMILES string of the molecule is c1ccc(N(c2ccccc2)c2cc3c4c(c2)N(c2ccccc2)c2cc(N(c5ccccc5)c5cccc6c5oc5ccccc56)ccc2B4c2ccccc2N3c2ccccc2)cc1. The lowest BCUT2D eigenvalue weighted by Crippen LogP contribution is -2.61. The van der Waals surface area contributed by atoms with Crippen LogP contribution in [0.3, 0.4) is 0 Å². The lowest BCUT2D eigenvalue weighted by Gasteiger charge is -2.45. The molecule has 13 rings (SSSR count). The fourth-order valence-corrected chi connectivity index (χ4v) is 10.4. The van der Waals surface area contributed by atoms with Gasteiger partial charge in [0.15, 0.2) is 5.58 Å². The van der Waals surface area contributed by atoms with E-state index in [1.807, 2.05) is 6.07 Å². The Hall–Kier alpha value is -8.74. The Balaban J connectivity index is 1.11. The molecule has 0 atom stereocenters. The zero-order valence-corrected chi connectivity index (χ0v) is 35.9. The summed E-state index contributed by atoms with van der Waals surface area (Å²) in [7, 11) is 0. The van der Waals surface area contributed by atoms with E-state index >= 15 is 0 Å². The number of hydrogen-bond acceptors (Lipinski definition) is 5. The van der Waals surface area contributed by atoms with Crippen molar-refractivity contribution in [3.05, 3.63) is 249 Å². The molecule has 3 heterocycles. The van der Waals surface area contributed by atoms with E-state index in [0.717, 1.165) is 84.5 Å². The van der Waals surface area contributed by atoms with Gasteiger partial charge in [-0.25, -0.2) is 0 Å². The molecule has 0 unspecified atom stereocenters. The van der Waals surface area contributed by atoms with Gasteiger partial charge < -0.3 is 24.0 Å². The standard InChI is InChI=1S/C60H41BN4O/c1-6-21-42(22-7-1)62(43-23-8-2-9-24-43)48-40-56-59-57(41-48)65(46-29-14-5-15-30-46)55-39-47(37-38-52(55)61(59)51-33-17-18-34-53(51)64(56)45-27-12-4-13-28-45)63(44-25-10-3-11-26-44)54-35-20-32-50-49-31-16-19-36-58(49)66-60(50)54/h1-41H. The average Bonchev–Trinajstić information content (AvgIpc) is 3.77. The van der Waals surface area contributed by atoms with Gasteiger partial charge in [0.1, 0.15) is 5.58 Å². The molecular weight excluding hydrogens is 803 g/mol. The van der Waals surface area contributed by atoms with Gasteiger partial charge in [0, 0.05) is 67.6 Å². The van der Waals surface area contributed by atoms with Crippen LogP contribution in [0.15, 0.2) is 253 Å². The summed E-state index contributed by atoms with van der Waals surface area (Å²) in [5.41, 5.74) is 18.5. The Kier molecular flexibility index (Phi) is 8.88. The van der Waals surface area contributed by atoms with Crippen molar-refractivity contribution in [2.75, 3.05) is 19.6 Å². The van der Waals surface area contributed by atoms with Crippen molar-refractivity contribution in [2.24, 2.45) is 0 Å². The minimum Gasteiger partial charge on any atom is -0.454 e. The third-order valence-corrected chi connectivity index (χ3v) is 13.2. The fourth-order valence-electron chi connectivity index (χ4n) is 10.4. The summed E-state index contributed by atoms with van der Waals surface area (Å²) in [6, 6.07) is 89.4. The Morgan fingerprint density at radius 2 is 0.818 bits per heavy atom. The van der Waals surface area contributed by atoms with E-state index in [9.17, 15) is 0 Å². The van der Waals surface area contributed by atoms with Gasteiger partial charge in [0.05, 0.1) is 11.4 Å². The van der Waals surface area contributed by atoms with Gasteiger partial charge in [0.25, 0.3) is 6.71 Å². The second kappa shape index (κ2) is 15.5. The highest BCUT2D eigenvalue weighted by molar-refractivity contribution is 7.00. The Labute approximate surface area is 384 Å². The number of anilines is 12. The molecule has 11 aromatic rings. The maximum Gasteiger partial charge on any atom is 0.252 e. The number of benzene rings is 10. The zero-order valence-electron chi connectivity index (χ0n) is 35.9. The van der Waals surface area contributed by atoms with Gasteiger partial charge in [-0.3, -0.25) is 0 Å². The van der Waals surface area contributed by atoms with Gasteiger partial charge in [-0.15, -0.1) is 0 Å². The van der Waals surface area contributed by atoms with Crippen LogP contribution >= 0.6 is 0 Å². The highest BCUT2D eigenvalue weighted by atomic mass is 16.3. The number of nitrogens with zero attached hydrogens (tertiary/aromatic N) is 4. The molecule has 2 aliphatic rings. The molecule has 0 N–H and O–H groups in total. The molecule has 0 fully saturated rings. The van der Waals surface area contributed by atoms with Gasteiger partial charge >= 0.3 is 0 Å². The summed E-state index contributed by atoms with van der Waals surface area (Å²) in [5, 5.41) is 2.19. The first-order chi connectivity index (χ1) is 32.8. The summed E-state index contributed by atoms with van der Waals surface area (Å²) < 4.78 is 6.75. The molecule has 0 saturated heterocycles. The molecule has 0 bridgehead atoms. The highest BCUT2D eigenvalue weighted by Crippen LogP contribution is 2.50. The fraction of sp³-hybridized carbons (Fsp3) is 0. The normalized spacial score (nSPS) is 12.5. The third kappa shape index (κ3) is 6.03. The summed E-state index contributed by atoms with van der Waals surface area (Å²) in [6.45, 7) is -0.0601. The number of para-hydroxylation sites is 8. The highest BCUT2D eigenvalue weighted by Gasteiger charge is 2.44. The zero-order chi connectivity index (χ0) is 43.6. The molecular formula is C60H41BN4O. The molecule has 0 radical (unpaired) electrons. The van der Waals surface area contributed by atoms with Crippen molar-refractivity contribution in [1.82, 2.24) is 0 Å². The maximum atomic E-state index is 6.75. The Morgan fingerprint density at radius 3 is 1.45 bits per heavy atom. The smallest absolute Gasteiger partial charge is 0.252 e. The lowest BCUT2D eigenvalue weighted by molar-refractivity contribution is 0.669. The predicted octanol–water partition coefficient (Wildman–Crippen LogP) is 14.6. The van der Waals surface area contributed by atoms with Crippen LogP contribution in [0.2, 0.25) is 0 Å². The average molecular weight is 845 g/mol. The largest absolute Gasteiger partial charge is 0.454 e. The van der Waals surface area contributed by atoms with E-state index in [1.165, 1.54) is 22.1 Å². The number of furan rings is 1. The van der Waals surface area contributed by atoms with Gasteiger partial charge in [-0.05, 0) is 120 Å². The molecule has 310 valence electrons. The first-order valence-corrected chi connectivity index (χ1v) is 22.6. The molecule has 2 aliphatic heterocycles. The van der Waals surface area contributed by atoms with Crippen LogP contribution in [0, 0.1) is 0 Å². The van der Waals surface area contributed by atoms with Gasteiger partial charge in [-0.2, -0.15) is 0 Å². The third-order valence-electron chi connectivity index (χ3n) is 13.2. The second-order valence-electron chi connectivity index (χ2n) is 16.9. The predicted molar refractivity (Wildman–Crippen MR) is 277 cm³/mol. The molecule has 0 saturated carbocycles. The number of fused-ring (bicyclic) bond motifs is 7. The second-order valence-corrected chi connectivity index (χ2v) is 16.9. The summed E-state index contributed by atoms with van der Waals surface area (Å²) in [4.78, 5) is 9.70. The van der Waals surface area contributed by atoms with Crippen LogP contribution < -0.4 is 36.0 Å². The molecule has 1 aromatic heterocycles. The number of rotatable bonds is 8. The molecule has 5 nitrogen and oxygen atoms in total. The topological polar surface area (TPSA) is 26.1 Å². The van der Waals surface area contributed by atoms with Crippen LogP contribution in [-0.4, -0.2) is 6.71 Å². The van der Waals surface area contributed by atoms with Gasteiger partial charge in [-0.1, -0.05) is 146 Å². The summed E-state index contributed by atoms with van der Waals surface area (Å²) in [5.74, 6) is 0. The van der Waals surface area contributed by atoms with Gasteiger partial charge in [0.2, 0.25) is 0 Å². The van der Waals surface area contributed by atoms with Crippen LogP contribution in [0.5, 0.6) is 0 Å². The van der Waals surface area contributed by atoms with Crippen molar-refractivity contribution in [3.8, 4) is 0 Å². The Morgan fingerprint density at radius 1 is 0.333 bits per heavy atom. The molecule has 0 spiro atoms. The quantitative estimate of drug-likeness (QED) is 0.142. The van der Waals surface area contributed by atoms with E-state index < -0.39 is 0 Å². The van der Waals surface area contributed by atoms with Crippen molar-refractivity contribution >= 4 is 113 Å². The van der Waals surface area contributed by atoms with Crippen LogP contribution in [0.25, 0.3) is 21.9 Å². The first kappa shape index (κ1) is 37.8. The Bertz CT molecular complexity index is 3530. The van der Waals surface area contributed by atoms with E-state index in [0.29, 0.717) is 0 Å². The lowest BCUT2D eigenvalue weighted by atomic mass is 9.33. The van der Waals surface area contributed by atoms with E-state index in [1.54, 1.807) is 0 Å². The van der Waals surface area contributed by atoms with E-state index in [-0.39, 0.29) is 6.71 Å². The summed E-state index contributed by atoms with van der Waals surface area (Å²) >= 11 is 0. The molecule has 0 amide bonds. The first-order valence-electron chi connectivity index (χ1n) is 22.6. The van der Waals surface area contributed by atoms with Crippen molar-refractivity contribution in [1.29, 1.82) is 0 Å². The van der Waals surface area contributed by atoms with Crippen molar-refractivity contribution in [2.45, 2.75) is 0 Å². The van der Waals surface area contributed by atoms with E-state index in [2.05, 4.69) is 262 Å². The molecule has 6 heteroatoms. The minimum absolute atomic E-state index is 0.0601. The molecule has 66 heavy (non-hydrogen) atoms. The van der Waals surface area contributed by atoms with Crippen LogP contribution in [-0.2, 0) is 0 Å². The molecule has 0 aliphatic carbocycles. The monoisotopic (exact) mass is 844 g/mol. The van der Waals surface area contributed by atoms with Crippen LogP contribution in [0.1, 0.15) is 0 Å². The van der Waals surface area contributed by atoms with Crippen molar-refractivity contribution in [3.63, 3.8) is 0 Å². The maximum absolute atomic E-state index is 6.75. The summed E-state index contributed by atoms with van der Waals surface area (Å²) in [6.07, 6.45) is 0.